The number of ether oxygens (including phenoxy) is 3. The summed E-state index contributed by atoms with van der Waals surface area (Å²) in [7, 11) is 1.32. The molecule has 0 aromatic heterocycles. The van der Waals surface area contributed by atoms with E-state index in [4.69, 9.17) is 9.47 Å². The van der Waals surface area contributed by atoms with Crippen LogP contribution in [0.3, 0.4) is 0 Å². The van der Waals surface area contributed by atoms with Crippen LogP contribution in [0.2, 0.25) is 0 Å². The lowest BCUT2D eigenvalue weighted by molar-refractivity contribution is 0.0600. The van der Waals surface area contributed by atoms with E-state index in [1.54, 1.807) is 30.3 Å². The van der Waals surface area contributed by atoms with Crippen LogP contribution in [0.25, 0.3) is 0 Å². The molecule has 0 spiro atoms. The second-order valence-corrected chi connectivity index (χ2v) is 6.60. The summed E-state index contributed by atoms with van der Waals surface area (Å²) in [6.45, 7) is 4.94. The van der Waals surface area contributed by atoms with E-state index in [2.05, 4.69) is 18.6 Å². The van der Waals surface area contributed by atoms with Gasteiger partial charge in [-0.25, -0.2) is 9.59 Å². The molecule has 3 rings (SSSR count). The number of hydrogen-bond donors (Lipinski definition) is 0. The van der Waals surface area contributed by atoms with Crippen molar-refractivity contribution >= 4 is 11.9 Å². The number of carbonyl (C=O) groups excluding carboxylic acids is 2. The Morgan fingerprint density at radius 1 is 1.00 bits per heavy atom. The van der Waals surface area contributed by atoms with E-state index in [0.717, 1.165) is 17.7 Å². The highest BCUT2D eigenvalue weighted by Crippen LogP contribution is 2.38. The Kier molecular flexibility index (Phi) is 4.49. The molecule has 5 heteroatoms. The van der Waals surface area contributed by atoms with Crippen molar-refractivity contribution in [2.45, 2.75) is 25.7 Å². The molecule has 2 aromatic rings. The summed E-state index contributed by atoms with van der Waals surface area (Å²) in [5, 5.41) is 0. The molecule has 25 heavy (non-hydrogen) atoms. The third-order valence-corrected chi connectivity index (χ3v) is 4.41. The summed E-state index contributed by atoms with van der Waals surface area (Å²) >= 11 is 0. The fourth-order valence-corrected chi connectivity index (χ4v) is 2.81. The molecule has 0 radical (unpaired) electrons. The molecule has 0 amide bonds. The summed E-state index contributed by atoms with van der Waals surface area (Å²) in [6, 6.07) is 11.6. The van der Waals surface area contributed by atoms with Crippen LogP contribution in [0.5, 0.6) is 11.5 Å². The van der Waals surface area contributed by atoms with Crippen LogP contribution in [0.15, 0.2) is 42.5 Å². The maximum Gasteiger partial charge on any atom is 0.343 e. The van der Waals surface area contributed by atoms with Gasteiger partial charge in [0, 0.05) is 5.56 Å². The molecule has 2 aromatic carbocycles. The maximum absolute atomic E-state index is 12.4. The zero-order valence-electron chi connectivity index (χ0n) is 14.5. The van der Waals surface area contributed by atoms with Gasteiger partial charge in [-0.3, -0.25) is 0 Å². The van der Waals surface area contributed by atoms with E-state index in [-0.39, 0.29) is 5.41 Å². The predicted octanol–water partition coefficient (Wildman–Crippen LogP) is 3.75. The Hall–Kier alpha value is -2.82. The summed E-state index contributed by atoms with van der Waals surface area (Å²) in [5.41, 5.74) is 1.82. The van der Waals surface area contributed by atoms with Gasteiger partial charge in [0.15, 0.2) is 0 Å². The van der Waals surface area contributed by atoms with Gasteiger partial charge in [0.2, 0.25) is 0 Å². The third-order valence-electron chi connectivity index (χ3n) is 4.41. The number of carbonyl (C=O) groups is 2. The van der Waals surface area contributed by atoms with Crippen LogP contribution < -0.4 is 9.47 Å². The minimum absolute atomic E-state index is 0.0496. The van der Waals surface area contributed by atoms with E-state index in [1.807, 2.05) is 12.1 Å². The highest BCUT2D eigenvalue weighted by molar-refractivity contribution is 5.92. The molecule has 0 unspecified atom stereocenters. The number of fused-ring (bicyclic) bond motifs is 1. The van der Waals surface area contributed by atoms with Crippen LogP contribution >= 0.6 is 0 Å². The topological polar surface area (TPSA) is 61.8 Å². The largest absolute Gasteiger partial charge is 0.493 e. The summed E-state index contributed by atoms with van der Waals surface area (Å²) in [6.07, 6.45) is 0.896. The molecule has 0 aliphatic carbocycles. The standard InChI is InChI=1S/C20H20O5/c1-20(2)10-11-24-17-9-6-14(12-16(17)20)19(22)25-15-7-4-13(5-8-15)18(21)23-3/h4-9,12H,10-11H2,1-3H3. The molecule has 0 bridgehead atoms. The van der Waals surface area contributed by atoms with E-state index in [9.17, 15) is 9.59 Å². The lowest BCUT2D eigenvalue weighted by Gasteiger charge is -2.32. The van der Waals surface area contributed by atoms with Gasteiger partial charge in [-0.15, -0.1) is 0 Å². The number of methoxy groups -OCH3 is 1. The van der Waals surface area contributed by atoms with Crippen molar-refractivity contribution in [2.24, 2.45) is 0 Å². The fourth-order valence-electron chi connectivity index (χ4n) is 2.81. The number of hydrogen-bond acceptors (Lipinski definition) is 5. The van der Waals surface area contributed by atoms with Gasteiger partial charge in [0.1, 0.15) is 11.5 Å². The normalized spacial score (nSPS) is 14.8. The quantitative estimate of drug-likeness (QED) is 0.629. The van der Waals surface area contributed by atoms with Crippen molar-refractivity contribution in [1.29, 1.82) is 0 Å². The van der Waals surface area contributed by atoms with Crippen LogP contribution in [0.4, 0.5) is 0 Å². The summed E-state index contributed by atoms with van der Waals surface area (Å²) in [4.78, 5) is 23.9. The molecule has 130 valence electrons. The van der Waals surface area contributed by atoms with E-state index >= 15 is 0 Å². The van der Waals surface area contributed by atoms with Gasteiger partial charge in [-0.05, 0) is 54.3 Å². The van der Waals surface area contributed by atoms with E-state index < -0.39 is 11.9 Å². The van der Waals surface area contributed by atoms with Gasteiger partial charge in [0.25, 0.3) is 0 Å². The van der Waals surface area contributed by atoms with Crippen LogP contribution in [-0.2, 0) is 10.2 Å². The van der Waals surface area contributed by atoms with Crippen LogP contribution in [0, 0.1) is 0 Å². The van der Waals surface area contributed by atoms with Gasteiger partial charge in [0.05, 0.1) is 24.8 Å². The Bertz CT molecular complexity index is 805. The maximum atomic E-state index is 12.4. The lowest BCUT2D eigenvalue weighted by atomic mass is 9.79. The number of rotatable bonds is 3. The molecular weight excluding hydrogens is 320 g/mol. The molecular formula is C20H20O5. The number of esters is 2. The van der Waals surface area contributed by atoms with Crippen molar-refractivity contribution in [3.8, 4) is 11.5 Å². The van der Waals surface area contributed by atoms with E-state index in [0.29, 0.717) is 23.5 Å². The van der Waals surface area contributed by atoms with Crippen molar-refractivity contribution in [2.75, 3.05) is 13.7 Å². The van der Waals surface area contributed by atoms with Crippen molar-refractivity contribution in [1.82, 2.24) is 0 Å². The Morgan fingerprint density at radius 3 is 2.36 bits per heavy atom. The first kappa shape index (κ1) is 17.0. The molecule has 0 saturated heterocycles. The van der Waals surface area contributed by atoms with Gasteiger partial charge in [-0.2, -0.15) is 0 Å². The summed E-state index contributed by atoms with van der Waals surface area (Å²) in [5.74, 6) is 0.297. The van der Waals surface area contributed by atoms with Gasteiger partial charge >= 0.3 is 11.9 Å². The minimum atomic E-state index is -0.449. The molecule has 1 aliphatic heterocycles. The van der Waals surface area contributed by atoms with Gasteiger partial charge in [-0.1, -0.05) is 13.8 Å². The predicted molar refractivity (Wildman–Crippen MR) is 92.3 cm³/mol. The lowest BCUT2D eigenvalue weighted by Crippen LogP contribution is -2.27. The SMILES string of the molecule is COC(=O)c1ccc(OC(=O)c2ccc3c(c2)C(C)(C)CCO3)cc1. The molecule has 1 aliphatic rings. The first-order valence-electron chi connectivity index (χ1n) is 8.08. The molecule has 0 atom stereocenters. The van der Waals surface area contributed by atoms with Gasteiger partial charge < -0.3 is 14.2 Å². The fraction of sp³-hybridized carbons (Fsp3) is 0.300. The molecule has 0 saturated carbocycles. The average molecular weight is 340 g/mol. The highest BCUT2D eigenvalue weighted by atomic mass is 16.5. The zero-order valence-corrected chi connectivity index (χ0v) is 14.5. The molecule has 0 N–H and O–H groups in total. The Morgan fingerprint density at radius 2 is 1.68 bits per heavy atom. The second-order valence-electron chi connectivity index (χ2n) is 6.60. The monoisotopic (exact) mass is 340 g/mol. The number of benzene rings is 2. The minimum Gasteiger partial charge on any atom is -0.493 e. The van der Waals surface area contributed by atoms with Crippen molar-refractivity contribution in [3.05, 3.63) is 59.2 Å². The third kappa shape index (κ3) is 3.50. The Labute approximate surface area is 146 Å². The average Bonchev–Trinajstić information content (AvgIpc) is 2.61. The first-order chi connectivity index (χ1) is 11.9. The first-order valence-corrected chi connectivity index (χ1v) is 8.08. The molecule has 1 heterocycles. The molecule has 0 fully saturated rings. The van der Waals surface area contributed by atoms with Crippen LogP contribution in [-0.4, -0.2) is 25.7 Å². The van der Waals surface area contributed by atoms with Crippen molar-refractivity contribution in [3.63, 3.8) is 0 Å². The second kappa shape index (κ2) is 6.59. The zero-order chi connectivity index (χ0) is 18.0. The van der Waals surface area contributed by atoms with Crippen LogP contribution in [0.1, 0.15) is 46.5 Å². The molecule has 5 nitrogen and oxygen atoms in total. The summed E-state index contributed by atoms with van der Waals surface area (Å²) < 4.78 is 15.7. The smallest absolute Gasteiger partial charge is 0.343 e. The van der Waals surface area contributed by atoms with Crippen molar-refractivity contribution < 1.29 is 23.8 Å². The van der Waals surface area contributed by atoms with E-state index in [1.165, 1.54) is 7.11 Å². The highest BCUT2D eigenvalue weighted by Gasteiger charge is 2.29. The Balaban J connectivity index is 1.79.